The first-order chi connectivity index (χ1) is 12.3. The molecular formula is C20H17N5. The van der Waals surface area contributed by atoms with Gasteiger partial charge in [0.25, 0.3) is 0 Å². The second-order valence-corrected chi connectivity index (χ2v) is 5.84. The van der Waals surface area contributed by atoms with Gasteiger partial charge >= 0.3 is 0 Å². The Balaban J connectivity index is 0.000000136. The van der Waals surface area contributed by atoms with Gasteiger partial charge in [0, 0.05) is 23.3 Å². The third-order valence-electron chi connectivity index (χ3n) is 4.23. The maximum absolute atomic E-state index is 5.62. The Morgan fingerprint density at radius 1 is 0.800 bits per heavy atom. The number of hydrogen-bond donors (Lipinski definition) is 1. The lowest BCUT2D eigenvalue weighted by atomic mass is 9.90. The molecule has 0 fully saturated rings. The molecule has 2 N–H and O–H groups in total. The summed E-state index contributed by atoms with van der Waals surface area (Å²) in [4.78, 5) is 16.3. The zero-order chi connectivity index (χ0) is 17.1. The number of para-hydroxylation sites is 1. The molecule has 0 amide bonds. The van der Waals surface area contributed by atoms with Crippen LogP contribution in [0.4, 0.5) is 5.95 Å². The van der Waals surface area contributed by atoms with Crippen molar-refractivity contribution in [2.75, 3.05) is 5.73 Å². The summed E-state index contributed by atoms with van der Waals surface area (Å²) in [6.07, 6.45) is 7.28. The quantitative estimate of drug-likeness (QED) is 0.535. The molecule has 2 aromatic carbocycles. The van der Waals surface area contributed by atoms with E-state index in [4.69, 9.17) is 5.73 Å². The van der Waals surface area contributed by atoms with E-state index in [1.807, 2.05) is 42.7 Å². The Morgan fingerprint density at radius 3 is 2.52 bits per heavy atom. The minimum absolute atomic E-state index is 0.352. The molecule has 0 radical (unpaired) electrons. The molecule has 1 aliphatic carbocycles. The minimum Gasteiger partial charge on any atom is -0.368 e. The third kappa shape index (κ3) is 3.17. The fourth-order valence-electron chi connectivity index (χ4n) is 3.00. The first kappa shape index (κ1) is 15.2. The number of nitrogens with two attached hydrogens (primary N) is 1. The summed E-state index contributed by atoms with van der Waals surface area (Å²) in [5.74, 6) is 0.352. The molecule has 5 heteroatoms. The summed E-state index contributed by atoms with van der Waals surface area (Å²) in [5.41, 5.74) is 11.4. The molecule has 5 nitrogen and oxygen atoms in total. The highest BCUT2D eigenvalue weighted by Crippen LogP contribution is 2.31. The van der Waals surface area contributed by atoms with E-state index < -0.39 is 0 Å². The van der Waals surface area contributed by atoms with Crippen LogP contribution in [0.5, 0.6) is 0 Å². The van der Waals surface area contributed by atoms with Crippen LogP contribution in [0.1, 0.15) is 11.1 Å². The van der Waals surface area contributed by atoms with Crippen molar-refractivity contribution < 1.29 is 0 Å². The minimum atomic E-state index is 0.352. The van der Waals surface area contributed by atoms with Gasteiger partial charge < -0.3 is 5.73 Å². The van der Waals surface area contributed by atoms with Crippen molar-refractivity contribution in [3.8, 4) is 11.3 Å². The van der Waals surface area contributed by atoms with E-state index >= 15 is 0 Å². The molecule has 0 bridgehead atoms. The van der Waals surface area contributed by atoms with Crippen LogP contribution in [-0.4, -0.2) is 19.9 Å². The zero-order valence-corrected chi connectivity index (χ0v) is 13.6. The molecule has 0 aliphatic heterocycles. The molecular weight excluding hydrogens is 310 g/mol. The van der Waals surface area contributed by atoms with Gasteiger partial charge in [0.2, 0.25) is 5.95 Å². The average Bonchev–Trinajstić information content (AvgIpc) is 2.68. The van der Waals surface area contributed by atoms with Crippen LogP contribution < -0.4 is 5.73 Å². The number of nitrogens with zero attached hydrogens (tertiary/aromatic N) is 4. The van der Waals surface area contributed by atoms with E-state index in [1.54, 1.807) is 6.33 Å². The van der Waals surface area contributed by atoms with Crippen LogP contribution in [0.15, 0.2) is 67.3 Å². The molecule has 25 heavy (non-hydrogen) atoms. The van der Waals surface area contributed by atoms with Gasteiger partial charge in [-0.1, -0.05) is 42.5 Å². The van der Waals surface area contributed by atoms with Gasteiger partial charge in [0.15, 0.2) is 0 Å². The summed E-state index contributed by atoms with van der Waals surface area (Å²) >= 11 is 0. The van der Waals surface area contributed by atoms with Crippen LogP contribution in [0.25, 0.3) is 22.2 Å². The maximum Gasteiger partial charge on any atom is 0.220 e. The number of benzene rings is 2. The van der Waals surface area contributed by atoms with E-state index in [2.05, 4.69) is 38.1 Å². The van der Waals surface area contributed by atoms with E-state index in [0.29, 0.717) is 5.95 Å². The van der Waals surface area contributed by atoms with Gasteiger partial charge in [-0.3, -0.25) is 0 Å². The smallest absolute Gasteiger partial charge is 0.220 e. The average molecular weight is 327 g/mol. The summed E-state index contributed by atoms with van der Waals surface area (Å²) in [5, 5.41) is 1.09. The number of aromatic nitrogens is 4. The van der Waals surface area contributed by atoms with E-state index in [0.717, 1.165) is 29.4 Å². The van der Waals surface area contributed by atoms with Gasteiger partial charge in [0.05, 0.1) is 11.2 Å². The summed E-state index contributed by atoms with van der Waals surface area (Å²) in [7, 11) is 0. The molecule has 1 aliphatic rings. The normalized spacial score (nSPS) is 11.8. The lowest BCUT2D eigenvalue weighted by molar-refractivity contribution is 0.913. The van der Waals surface area contributed by atoms with Crippen molar-refractivity contribution in [3.63, 3.8) is 0 Å². The summed E-state index contributed by atoms with van der Waals surface area (Å²) in [6, 6.07) is 16.3. The lowest BCUT2D eigenvalue weighted by Gasteiger charge is -2.17. The number of hydrogen-bond acceptors (Lipinski definition) is 5. The van der Waals surface area contributed by atoms with Crippen LogP contribution in [-0.2, 0) is 12.8 Å². The first-order valence-corrected chi connectivity index (χ1v) is 8.16. The second-order valence-electron chi connectivity index (χ2n) is 5.84. The highest BCUT2D eigenvalue weighted by molar-refractivity contribution is 5.76. The highest BCUT2D eigenvalue weighted by atomic mass is 15.0. The van der Waals surface area contributed by atoms with Gasteiger partial charge in [0.1, 0.15) is 6.33 Å². The van der Waals surface area contributed by atoms with Crippen molar-refractivity contribution in [2.24, 2.45) is 0 Å². The van der Waals surface area contributed by atoms with Crippen molar-refractivity contribution in [3.05, 3.63) is 78.4 Å². The van der Waals surface area contributed by atoms with Crippen molar-refractivity contribution in [2.45, 2.75) is 12.8 Å². The highest BCUT2D eigenvalue weighted by Gasteiger charge is 2.17. The molecule has 0 atom stereocenters. The van der Waals surface area contributed by atoms with Crippen molar-refractivity contribution in [1.29, 1.82) is 0 Å². The van der Waals surface area contributed by atoms with Gasteiger partial charge in [-0.25, -0.2) is 19.9 Å². The third-order valence-corrected chi connectivity index (χ3v) is 4.23. The number of anilines is 1. The molecule has 0 saturated heterocycles. The van der Waals surface area contributed by atoms with E-state index in [1.165, 1.54) is 16.7 Å². The molecule has 0 spiro atoms. The summed E-state index contributed by atoms with van der Waals surface area (Å²) < 4.78 is 0. The molecule has 0 unspecified atom stereocenters. The Bertz CT molecular complexity index is 964. The zero-order valence-electron chi connectivity index (χ0n) is 13.6. The van der Waals surface area contributed by atoms with E-state index in [-0.39, 0.29) is 0 Å². The Morgan fingerprint density at radius 2 is 1.60 bits per heavy atom. The fourth-order valence-corrected chi connectivity index (χ4v) is 3.00. The molecule has 2 aromatic heterocycles. The standard InChI is InChI=1S/C12H11N3.C8H6N2/c13-12-14-7-9-6-5-8-3-1-2-4-10(8)11(9)15-12;1-2-4-8-7(3-1)5-9-6-10-8/h1-4,7H,5-6H2,(H2,13,14,15);1-6H. The second kappa shape index (κ2) is 6.65. The van der Waals surface area contributed by atoms with Crippen molar-refractivity contribution >= 4 is 16.9 Å². The fraction of sp³-hybridized carbons (Fsp3) is 0.100. The lowest BCUT2D eigenvalue weighted by Crippen LogP contribution is -2.08. The molecule has 2 heterocycles. The Labute approximate surface area is 145 Å². The number of nitrogen functional groups attached to an aromatic ring is 1. The van der Waals surface area contributed by atoms with Gasteiger partial charge in [-0.2, -0.15) is 0 Å². The number of aryl methyl sites for hydroxylation is 2. The number of rotatable bonds is 0. The van der Waals surface area contributed by atoms with Crippen molar-refractivity contribution in [1.82, 2.24) is 19.9 Å². The molecule has 4 aromatic rings. The first-order valence-electron chi connectivity index (χ1n) is 8.16. The monoisotopic (exact) mass is 327 g/mol. The van der Waals surface area contributed by atoms with Crippen LogP contribution >= 0.6 is 0 Å². The Hall–Kier alpha value is -3.34. The topological polar surface area (TPSA) is 77.6 Å². The molecule has 0 saturated carbocycles. The summed E-state index contributed by atoms with van der Waals surface area (Å²) in [6.45, 7) is 0. The molecule has 122 valence electrons. The molecule has 5 rings (SSSR count). The van der Waals surface area contributed by atoms with Gasteiger partial charge in [-0.15, -0.1) is 0 Å². The predicted octanol–water partition coefficient (Wildman–Crippen LogP) is 3.45. The maximum atomic E-state index is 5.62. The van der Waals surface area contributed by atoms with E-state index in [9.17, 15) is 0 Å². The van der Waals surface area contributed by atoms with Gasteiger partial charge in [-0.05, 0) is 30.0 Å². The largest absolute Gasteiger partial charge is 0.368 e. The Kier molecular flexibility index (Phi) is 4.04. The number of fused-ring (bicyclic) bond motifs is 4. The van der Waals surface area contributed by atoms with Crippen LogP contribution in [0.3, 0.4) is 0 Å². The SMILES string of the molecule is Nc1ncc2c(n1)-c1ccccc1CC2.c1ccc2ncncc2c1. The van der Waals surface area contributed by atoms with Crippen LogP contribution in [0.2, 0.25) is 0 Å². The predicted molar refractivity (Wildman–Crippen MR) is 98.8 cm³/mol. The van der Waals surface area contributed by atoms with Crippen LogP contribution in [0, 0.1) is 0 Å².